The molecule has 0 unspecified atom stereocenters. The van der Waals surface area contributed by atoms with E-state index in [0.717, 1.165) is 129 Å². The van der Waals surface area contributed by atoms with Gasteiger partial charge in [0.25, 0.3) is 5.56 Å². The van der Waals surface area contributed by atoms with Crippen LogP contribution in [0.2, 0.25) is 0 Å². The highest BCUT2D eigenvalue weighted by Gasteiger charge is 2.45. The lowest BCUT2D eigenvalue weighted by atomic mass is 9.95. The predicted molar refractivity (Wildman–Crippen MR) is 327 cm³/mol. The second-order valence-corrected chi connectivity index (χ2v) is 23.0. The van der Waals surface area contributed by atoms with Crippen molar-refractivity contribution in [3.63, 3.8) is 0 Å². The van der Waals surface area contributed by atoms with Crippen molar-refractivity contribution < 1.29 is 38.7 Å². The molecule has 3 aliphatic rings. The maximum absolute atomic E-state index is 14.4. The number of hydrogen-bond acceptors (Lipinski definition) is 11. The zero-order valence-electron chi connectivity index (χ0n) is 48.9. The Bertz CT molecular complexity index is 3060. The Morgan fingerprint density at radius 2 is 1.35 bits per heavy atom. The number of pyridine rings is 2. The molecule has 0 spiro atoms. The number of aliphatic carboxylic acids is 1. The molecule has 0 radical (unpaired) electrons. The average molecular weight is 1160 g/mol. The van der Waals surface area contributed by atoms with Gasteiger partial charge in [0.15, 0.2) is 0 Å². The number of carbonyl (C=O) groups is 7. The van der Waals surface area contributed by atoms with Crippen molar-refractivity contribution in [3.05, 3.63) is 137 Å². The summed E-state index contributed by atoms with van der Waals surface area (Å²) in [5, 5.41) is 20.5. The largest absolute Gasteiger partial charge is 0.480 e. The molecule has 5 atom stereocenters. The van der Waals surface area contributed by atoms with E-state index in [1.165, 1.54) is 17.2 Å². The van der Waals surface area contributed by atoms with Crippen LogP contribution in [0.25, 0.3) is 10.8 Å². The van der Waals surface area contributed by atoms with Crippen LogP contribution in [0.4, 0.5) is 16.2 Å². The summed E-state index contributed by atoms with van der Waals surface area (Å²) in [6, 6.07) is 25.8. The van der Waals surface area contributed by atoms with Gasteiger partial charge in [-0.1, -0.05) is 149 Å². The van der Waals surface area contributed by atoms with Gasteiger partial charge in [-0.2, -0.15) is 0 Å². The first-order valence-electron chi connectivity index (χ1n) is 30.7. The van der Waals surface area contributed by atoms with Crippen molar-refractivity contribution in [2.24, 2.45) is 17.4 Å². The Labute approximate surface area is 498 Å². The van der Waals surface area contributed by atoms with E-state index in [0.29, 0.717) is 51.1 Å². The molecule has 3 aliphatic heterocycles. The molecular weight excluding hydrogens is 1080 g/mol. The number of amides is 7. The second-order valence-electron chi connectivity index (χ2n) is 23.0. The zero-order valence-corrected chi connectivity index (χ0v) is 48.9. The molecule has 8 rings (SSSR count). The number of carboxylic acids is 1. The number of hydrogen-bond donors (Lipinski definition) is 6. The maximum Gasteiger partial charge on any atom is 0.323 e. The van der Waals surface area contributed by atoms with Crippen LogP contribution in [0.3, 0.4) is 0 Å². The van der Waals surface area contributed by atoms with Crippen molar-refractivity contribution in [2.45, 2.75) is 159 Å². The third kappa shape index (κ3) is 17.7. The van der Waals surface area contributed by atoms with E-state index in [9.17, 15) is 43.5 Å². The van der Waals surface area contributed by atoms with Crippen LogP contribution >= 0.6 is 0 Å². The number of nitrogens with two attached hydrogens (primary N) is 2. The molecule has 5 aromatic rings. The molecule has 7 amide bonds. The molecule has 2 aromatic heterocycles. The summed E-state index contributed by atoms with van der Waals surface area (Å²) in [6.45, 7) is 2.20. The molecule has 20 nitrogen and oxygen atoms in total. The third-order valence-electron chi connectivity index (χ3n) is 16.9. The Morgan fingerprint density at radius 3 is 2.02 bits per heavy atom. The van der Waals surface area contributed by atoms with Gasteiger partial charge in [0.2, 0.25) is 29.5 Å². The number of fused-ring (bicyclic) bond motifs is 2. The predicted octanol–water partition coefficient (Wildman–Crippen LogP) is 7.17. The van der Waals surface area contributed by atoms with Gasteiger partial charge in [-0.3, -0.25) is 38.5 Å². The lowest BCUT2D eigenvalue weighted by Crippen LogP contribution is -2.61. The van der Waals surface area contributed by atoms with Crippen LogP contribution in [0.15, 0.2) is 120 Å². The fourth-order valence-electron chi connectivity index (χ4n) is 12.3. The molecule has 3 fully saturated rings. The van der Waals surface area contributed by atoms with Crippen molar-refractivity contribution >= 4 is 63.7 Å². The average Bonchev–Trinajstić information content (AvgIpc) is 3.40. The van der Waals surface area contributed by atoms with Crippen molar-refractivity contribution in [1.29, 1.82) is 0 Å². The Kier molecular flexibility index (Phi) is 23.4. The number of aromatic nitrogens is 2. The fraction of sp³-hybridized carbons (Fsp3) is 0.492. The molecule has 0 aliphatic carbocycles. The smallest absolute Gasteiger partial charge is 0.323 e. The molecule has 8 N–H and O–H groups in total. The van der Waals surface area contributed by atoms with Crippen molar-refractivity contribution in [1.82, 2.24) is 35.3 Å². The van der Waals surface area contributed by atoms with E-state index in [1.54, 1.807) is 15.9 Å². The number of carboxylic acid groups (broad SMARTS) is 1. The van der Waals surface area contributed by atoms with E-state index >= 15 is 0 Å². The van der Waals surface area contributed by atoms with E-state index in [4.69, 9.17) is 11.5 Å². The number of piperidine rings is 1. The highest BCUT2D eigenvalue weighted by atomic mass is 16.4. The van der Waals surface area contributed by atoms with Crippen LogP contribution in [0, 0.1) is 5.92 Å². The van der Waals surface area contributed by atoms with Crippen molar-refractivity contribution in [2.75, 3.05) is 49.1 Å². The first-order valence-corrected chi connectivity index (χ1v) is 30.7. The Hall–Kier alpha value is -8.13. The van der Waals surface area contributed by atoms with Gasteiger partial charge < -0.3 is 56.7 Å². The van der Waals surface area contributed by atoms with Gasteiger partial charge >= 0.3 is 12.0 Å². The highest BCUT2D eigenvalue weighted by Crippen LogP contribution is 2.33. The van der Waals surface area contributed by atoms with Gasteiger partial charge in [-0.05, 0) is 68.6 Å². The molecule has 454 valence electrons. The molecule has 0 bridgehead atoms. The summed E-state index contributed by atoms with van der Waals surface area (Å²) in [5.41, 5.74) is 14.8. The number of urea groups is 1. The molecule has 0 saturated carbocycles. The molecule has 3 aromatic carbocycles. The van der Waals surface area contributed by atoms with Gasteiger partial charge in [0, 0.05) is 81.0 Å². The van der Waals surface area contributed by atoms with Gasteiger partial charge in [-0.25, -0.2) is 4.79 Å². The molecule has 85 heavy (non-hydrogen) atoms. The van der Waals surface area contributed by atoms with Gasteiger partial charge in [-0.15, -0.1) is 0 Å². The van der Waals surface area contributed by atoms with Gasteiger partial charge in [0.1, 0.15) is 24.7 Å². The molecule has 3 saturated heterocycles. The summed E-state index contributed by atoms with van der Waals surface area (Å²) < 4.78 is 1.15. The number of anilines is 2. The van der Waals surface area contributed by atoms with Crippen LogP contribution in [-0.4, -0.2) is 129 Å². The number of benzene rings is 3. The Balaban J connectivity index is 0.708. The van der Waals surface area contributed by atoms with Crippen molar-refractivity contribution in [3.8, 4) is 0 Å². The number of carbonyl (C=O) groups excluding carboxylic acids is 6. The van der Waals surface area contributed by atoms with E-state index in [2.05, 4.69) is 31.9 Å². The maximum atomic E-state index is 14.4. The monoisotopic (exact) mass is 1160 g/mol. The highest BCUT2D eigenvalue weighted by molar-refractivity contribution is 5.97. The first-order chi connectivity index (χ1) is 41.2. The molecule has 20 heteroatoms. The van der Waals surface area contributed by atoms with E-state index in [-0.39, 0.29) is 43.3 Å². The fourth-order valence-corrected chi connectivity index (χ4v) is 12.3. The Morgan fingerprint density at radius 1 is 0.706 bits per heavy atom. The summed E-state index contributed by atoms with van der Waals surface area (Å²) in [4.78, 5) is 118. The van der Waals surface area contributed by atoms with Crippen LogP contribution in [0.1, 0.15) is 139 Å². The van der Waals surface area contributed by atoms with Gasteiger partial charge in [0.05, 0.1) is 29.5 Å². The normalized spacial score (nSPS) is 18.3. The standard InChI is InChI=1S/C65H85N11O9/c66-53-44-73(39-35-50-29-32-55(76(50)64(53)84)62(82)70-54(31-33-57(67)77)61(81)71-60(46-22-13-11-14-23-46)47-24-15-12-16-25-47)65(85)69-36-19-9-7-5-3-1-2-4-6-8-10-20-38-75(51-30-34-58(78)74(43-51)45-59(79)80)63(83)49-27-21-37-72(42-49)56-41-68-40-48-26-17-18-28-52(48)56/h11-18,22-26,28,30,34,40-41,43,49-50,53-55,60H,1-10,19-21,27,29,31-33,35-39,42,44-45,66H2,(H2,67,77)(H,69,85)(H,70,82)(H,71,81)(H,79,80)/t49-,50+,53-,54-,55-/m0/s1. The number of rotatable bonds is 29. The third-order valence-corrected chi connectivity index (χ3v) is 16.9. The topological polar surface area (TPSA) is 276 Å². The minimum Gasteiger partial charge on any atom is -0.480 e. The number of unbranched alkanes of at least 4 members (excludes halogenated alkanes) is 11. The van der Waals surface area contributed by atoms with E-state index in [1.807, 2.05) is 91.3 Å². The SMILES string of the molecule is NC(=O)CC[C@H](NC(=O)[C@@H]1CC[C@@H]2CCN(C(=O)NCCCCCCCCCCCCCCN(C(=O)[C@H]3CCCN(c4cncc5ccccc45)C3)c3ccc(=O)n(CC(=O)O)c3)C[C@H](N)C(=O)N21)C(=O)NC(c1ccccc1)c1ccccc1. The van der Waals surface area contributed by atoms with Crippen LogP contribution in [-0.2, 0) is 35.3 Å². The summed E-state index contributed by atoms with van der Waals surface area (Å²) >= 11 is 0. The lowest BCUT2D eigenvalue weighted by molar-refractivity contribution is -0.143. The molecule has 5 heterocycles. The lowest BCUT2D eigenvalue weighted by Gasteiger charge is -2.37. The summed E-state index contributed by atoms with van der Waals surface area (Å²) in [7, 11) is 0. The summed E-state index contributed by atoms with van der Waals surface area (Å²) in [6.07, 6.45) is 20.3. The number of nitrogens with zero attached hydrogens (tertiary/aromatic N) is 6. The zero-order chi connectivity index (χ0) is 60.1. The number of nitrogens with one attached hydrogen (secondary N) is 3. The number of primary amides is 1. The quantitative estimate of drug-likeness (QED) is 0.0260. The second kappa shape index (κ2) is 31.7. The molecular formula is C65H85N11O9. The summed E-state index contributed by atoms with van der Waals surface area (Å²) in [5.74, 6) is -3.48. The van der Waals surface area contributed by atoms with Crippen LogP contribution in [0.5, 0.6) is 0 Å². The van der Waals surface area contributed by atoms with E-state index < -0.39 is 65.9 Å². The minimum absolute atomic E-state index is 0.00515. The van der Waals surface area contributed by atoms with Crippen LogP contribution < -0.4 is 42.8 Å². The minimum atomic E-state index is -1.13. The first kappa shape index (κ1) is 62.9.